The molecule has 2 rings (SSSR count). The van der Waals surface area contributed by atoms with Crippen molar-refractivity contribution in [2.24, 2.45) is 5.92 Å². The van der Waals surface area contributed by atoms with E-state index in [4.69, 9.17) is 4.52 Å². The van der Waals surface area contributed by atoms with E-state index >= 15 is 0 Å². The topological polar surface area (TPSA) is 38.1 Å². The number of hydrogen-bond acceptors (Lipinski definition) is 4. The third kappa shape index (κ3) is 3.21. The van der Waals surface area contributed by atoms with Crippen LogP contribution in [0.4, 0.5) is 0 Å². The molecule has 0 saturated heterocycles. The second-order valence-corrected chi connectivity index (χ2v) is 5.99. The van der Waals surface area contributed by atoms with Gasteiger partial charge in [-0.05, 0) is 31.0 Å². The lowest BCUT2D eigenvalue weighted by Gasteiger charge is -2.06. The molecule has 1 N–H and O–H groups in total. The van der Waals surface area contributed by atoms with Crippen molar-refractivity contribution in [3.05, 3.63) is 28.8 Å². The van der Waals surface area contributed by atoms with E-state index in [0.717, 1.165) is 30.8 Å². The van der Waals surface area contributed by atoms with Gasteiger partial charge in [0.25, 0.3) is 0 Å². The van der Waals surface area contributed by atoms with Gasteiger partial charge in [0.15, 0.2) is 5.76 Å². The summed E-state index contributed by atoms with van der Waals surface area (Å²) in [5.41, 5.74) is 1.14. The molecule has 0 aliphatic carbocycles. The van der Waals surface area contributed by atoms with E-state index in [0.29, 0.717) is 5.92 Å². The Hall–Kier alpha value is -1.13. The zero-order chi connectivity index (χ0) is 13.0. The molecule has 0 fully saturated rings. The lowest BCUT2D eigenvalue weighted by Crippen LogP contribution is -2.18. The van der Waals surface area contributed by atoms with Crippen LogP contribution < -0.4 is 5.32 Å². The first-order chi connectivity index (χ1) is 8.70. The Bertz CT molecular complexity index is 487. The van der Waals surface area contributed by atoms with Crippen molar-refractivity contribution >= 4 is 11.3 Å². The fourth-order valence-corrected chi connectivity index (χ4v) is 2.73. The number of hydrogen-bond donors (Lipinski definition) is 1. The second-order valence-electron chi connectivity index (χ2n) is 4.82. The summed E-state index contributed by atoms with van der Waals surface area (Å²) in [6.45, 7) is 8.40. The van der Waals surface area contributed by atoms with Gasteiger partial charge in [-0.3, -0.25) is 0 Å². The minimum absolute atomic E-state index is 0.654. The van der Waals surface area contributed by atoms with Crippen molar-refractivity contribution in [3.8, 4) is 10.6 Å². The Kier molecular flexibility index (Phi) is 4.55. The Morgan fingerprint density at radius 2 is 2.22 bits per heavy atom. The predicted molar refractivity (Wildman–Crippen MR) is 75.7 cm³/mol. The van der Waals surface area contributed by atoms with Crippen molar-refractivity contribution < 1.29 is 4.52 Å². The predicted octanol–water partition coefficient (Wildman–Crippen LogP) is 3.71. The number of thiophene rings is 1. The van der Waals surface area contributed by atoms with Gasteiger partial charge in [0.2, 0.25) is 0 Å². The van der Waals surface area contributed by atoms with Crippen molar-refractivity contribution in [1.82, 2.24) is 10.5 Å². The summed E-state index contributed by atoms with van der Waals surface area (Å²) < 4.78 is 5.39. The van der Waals surface area contributed by atoms with Crippen LogP contribution in [0.3, 0.4) is 0 Å². The van der Waals surface area contributed by atoms with Crippen LogP contribution in [0.1, 0.15) is 31.2 Å². The highest BCUT2D eigenvalue weighted by atomic mass is 32.1. The smallest absolute Gasteiger partial charge is 0.181 e. The van der Waals surface area contributed by atoms with Gasteiger partial charge in [0, 0.05) is 17.0 Å². The van der Waals surface area contributed by atoms with Crippen LogP contribution in [0.15, 0.2) is 22.9 Å². The van der Waals surface area contributed by atoms with E-state index < -0.39 is 0 Å². The summed E-state index contributed by atoms with van der Waals surface area (Å²) in [4.78, 5) is 2.55. The van der Waals surface area contributed by atoms with Crippen LogP contribution in [0.5, 0.6) is 0 Å². The molecule has 0 aromatic carbocycles. The maximum absolute atomic E-state index is 5.39. The number of nitrogens with one attached hydrogen (secondary N) is 1. The highest BCUT2D eigenvalue weighted by molar-refractivity contribution is 7.15. The van der Waals surface area contributed by atoms with Crippen molar-refractivity contribution in [1.29, 1.82) is 0 Å². The van der Waals surface area contributed by atoms with Gasteiger partial charge in [0.05, 0.1) is 11.1 Å². The maximum Gasteiger partial charge on any atom is 0.181 e. The first-order valence-electron chi connectivity index (χ1n) is 6.44. The molecule has 0 aliphatic rings. The molecule has 98 valence electrons. The van der Waals surface area contributed by atoms with Crippen LogP contribution in [0.2, 0.25) is 0 Å². The molecular formula is C14H20N2OS. The van der Waals surface area contributed by atoms with Crippen molar-refractivity contribution in [2.45, 2.75) is 33.7 Å². The lowest BCUT2D eigenvalue weighted by atomic mass is 10.2. The molecule has 4 heteroatoms. The Labute approximate surface area is 112 Å². The minimum Gasteiger partial charge on any atom is -0.355 e. The van der Waals surface area contributed by atoms with Crippen LogP contribution in [-0.2, 0) is 13.0 Å². The van der Waals surface area contributed by atoms with Crippen molar-refractivity contribution in [2.75, 3.05) is 6.54 Å². The summed E-state index contributed by atoms with van der Waals surface area (Å²) in [6, 6.07) is 4.28. The molecule has 0 bridgehead atoms. The largest absolute Gasteiger partial charge is 0.355 e. The van der Waals surface area contributed by atoms with Gasteiger partial charge in [-0.1, -0.05) is 25.9 Å². The highest BCUT2D eigenvalue weighted by Crippen LogP contribution is 2.30. The van der Waals surface area contributed by atoms with E-state index in [9.17, 15) is 0 Å². The van der Waals surface area contributed by atoms with E-state index in [1.807, 2.05) is 6.20 Å². The SMILES string of the molecule is CCc1ccc(-c2oncc2CNCC(C)C)s1. The average molecular weight is 264 g/mol. The van der Waals surface area contributed by atoms with Gasteiger partial charge in [-0.15, -0.1) is 11.3 Å². The van der Waals surface area contributed by atoms with Crippen LogP contribution in [-0.4, -0.2) is 11.7 Å². The summed E-state index contributed by atoms with van der Waals surface area (Å²) in [6.07, 6.45) is 2.88. The Morgan fingerprint density at radius 3 is 2.89 bits per heavy atom. The van der Waals surface area contributed by atoms with Gasteiger partial charge in [-0.25, -0.2) is 0 Å². The van der Waals surface area contributed by atoms with Crippen LogP contribution >= 0.6 is 11.3 Å². The number of aromatic nitrogens is 1. The molecule has 0 spiro atoms. The third-order valence-electron chi connectivity index (χ3n) is 2.75. The summed E-state index contributed by atoms with van der Waals surface area (Å²) in [7, 11) is 0. The van der Waals surface area contributed by atoms with E-state index in [1.54, 1.807) is 11.3 Å². The monoisotopic (exact) mass is 264 g/mol. The van der Waals surface area contributed by atoms with Crippen LogP contribution in [0.25, 0.3) is 10.6 Å². The molecule has 0 atom stereocenters. The molecule has 0 saturated carbocycles. The Morgan fingerprint density at radius 1 is 1.39 bits per heavy atom. The number of aryl methyl sites for hydroxylation is 1. The molecule has 18 heavy (non-hydrogen) atoms. The molecule has 2 aromatic rings. The lowest BCUT2D eigenvalue weighted by molar-refractivity contribution is 0.432. The van der Waals surface area contributed by atoms with Crippen LogP contribution in [0, 0.1) is 5.92 Å². The van der Waals surface area contributed by atoms with Crippen molar-refractivity contribution in [3.63, 3.8) is 0 Å². The zero-order valence-electron chi connectivity index (χ0n) is 11.2. The third-order valence-corrected chi connectivity index (χ3v) is 3.97. The maximum atomic E-state index is 5.39. The second kappa shape index (κ2) is 6.16. The Balaban J connectivity index is 2.07. The normalized spacial score (nSPS) is 11.3. The highest BCUT2D eigenvalue weighted by Gasteiger charge is 2.12. The molecule has 0 radical (unpaired) electrons. The van der Waals surface area contributed by atoms with Gasteiger partial charge >= 0.3 is 0 Å². The first-order valence-corrected chi connectivity index (χ1v) is 7.25. The molecule has 2 aromatic heterocycles. The summed E-state index contributed by atoms with van der Waals surface area (Å²) in [5, 5.41) is 7.35. The molecule has 3 nitrogen and oxygen atoms in total. The molecule has 2 heterocycles. The molecule has 0 aliphatic heterocycles. The van der Waals surface area contributed by atoms with E-state index in [1.165, 1.54) is 9.75 Å². The summed E-state index contributed by atoms with van der Waals surface area (Å²) in [5.74, 6) is 1.57. The minimum atomic E-state index is 0.654. The van der Waals surface area contributed by atoms with Gasteiger partial charge < -0.3 is 9.84 Å². The van der Waals surface area contributed by atoms with Gasteiger partial charge in [-0.2, -0.15) is 0 Å². The van der Waals surface area contributed by atoms with E-state index in [2.05, 4.69) is 43.4 Å². The average Bonchev–Trinajstić information content (AvgIpc) is 2.95. The fourth-order valence-electron chi connectivity index (χ4n) is 1.77. The fraction of sp³-hybridized carbons (Fsp3) is 0.500. The molecule has 0 amide bonds. The van der Waals surface area contributed by atoms with Gasteiger partial charge in [0.1, 0.15) is 0 Å². The zero-order valence-corrected chi connectivity index (χ0v) is 12.0. The quantitative estimate of drug-likeness (QED) is 0.864. The number of nitrogens with zero attached hydrogens (tertiary/aromatic N) is 1. The number of rotatable bonds is 6. The van der Waals surface area contributed by atoms with E-state index in [-0.39, 0.29) is 0 Å². The standard InChI is InChI=1S/C14H20N2OS/c1-4-12-5-6-13(18-12)14-11(9-16-17-14)8-15-7-10(2)3/h5-6,9-10,15H,4,7-8H2,1-3H3. The molecule has 0 unspecified atom stereocenters. The molecular weight excluding hydrogens is 244 g/mol. The first kappa shape index (κ1) is 13.3. The summed E-state index contributed by atoms with van der Waals surface area (Å²) >= 11 is 1.78.